The largest absolute Gasteiger partial charge is 0.489 e. The van der Waals surface area contributed by atoms with Gasteiger partial charge in [0.1, 0.15) is 23.8 Å². The number of anilines is 1. The van der Waals surface area contributed by atoms with Gasteiger partial charge in [-0.25, -0.2) is 4.79 Å². The summed E-state index contributed by atoms with van der Waals surface area (Å²) in [6, 6.07) is 18.2. The number of carboxylic acid groups (broad SMARTS) is 1. The average molecular weight is 584 g/mol. The molecule has 0 bridgehead atoms. The minimum atomic E-state index is -0.927. The number of carbonyl (C=O) groups is 1. The number of aromatic carboxylic acids is 1. The molecule has 39 heavy (non-hydrogen) atoms. The second kappa shape index (κ2) is 10.8. The molecule has 200 valence electrons. The van der Waals surface area contributed by atoms with Gasteiger partial charge in [-0.3, -0.25) is 0 Å². The van der Waals surface area contributed by atoms with Crippen LogP contribution < -0.4 is 9.64 Å². The lowest BCUT2D eigenvalue weighted by Crippen LogP contribution is -2.19. The molecule has 1 aliphatic carbocycles. The quantitative estimate of drug-likeness (QED) is 0.224. The van der Waals surface area contributed by atoms with Crippen LogP contribution in [0.25, 0.3) is 11.3 Å². The molecule has 2 fully saturated rings. The Morgan fingerprint density at radius 1 is 0.974 bits per heavy atom. The molecule has 3 aromatic carbocycles. The van der Waals surface area contributed by atoms with E-state index in [1.165, 1.54) is 0 Å². The second-order valence-electron chi connectivity index (χ2n) is 10.0. The molecule has 1 atom stereocenters. The van der Waals surface area contributed by atoms with Crippen LogP contribution in [-0.2, 0) is 6.61 Å². The highest BCUT2D eigenvalue weighted by Gasteiger charge is 2.34. The highest BCUT2D eigenvalue weighted by Crippen LogP contribution is 2.46. The van der Waals surface area contributed by atoms with E-state index in [2.05, 4.69) is 10.1 Å². The normalized spacial score (nSPS) is 17.0. The van der Waals surface area contributed by atoms with Gasteiger partial charge in [-0.15, -0.1) is 0 Å². The second-order valence-corrected chi connectivity index (χ2v) is 11.2. The molecule has 2 aliphatic rings. The Bertz CT molecular complexity index is 1530. The minimum absolute atomic E-state index is 0.230. The molecule has 1 saturated heterocycles. The third-order valence-corrected chi connectivity index (χ3v) is 8.36. The number of ether oxygens (including phenoxy) is 1. The monoisotopic (exact) mass is 582 g/mol. The van der Waals surface area contributed by atoms with Gasteiger partial charge in [0.15, 0.2) is 0 Å². The van der Waals surface area contributed by atoms with Crippen molar-refractivity contribution in [1.82, 2.24) is 5.16 Å². The van der Waals surface area contributed by atoms with Crippen LogP contribution in [0.3, 0.4) is 0 Å². The Hall–Kier alpha value is -3.19. The molecule has 1 aromatic heterocycles. The summed E-state index contributed by atoms with van der Waals surface area (Å²) in [5, 5.41) is 15.3. The van der Waals surface area contributed by atoms with E-state index in [-0.39, 0.29) is 18.1 Å². The first kappa shape index (κ1) is 26.1. The predicted molar refractivity (Wildman–Crippen MR) is 153 cm³/mol. The third kappa shape index (κ3) is 5.33. The molecule has 1 N–H and O–H groups in total. The Labute approximate surface area is 241 Å². The summed E-state index contributed by atoms with van der Waals surface area (Å²) in [6.45, 7) is 1.84. The first-order valence-electron chi connectivity index (χ1n) is 12.8. The van der Waals surface area contributed by atoms with Crippen molar-refractivity contribution in [1.29, 1.82) is 0 Å². The maximum atomic E-state index is 11.4. The molecule has 2 heterocycles. The Morgan fingerprint density at radius 3 is 2.46 bits per heavy atom. The zero-order valence-electron chi connectivity index (χ0n) is 20.9. The van der Waals surface area contributed by atoms with Crippen molar-refractivity contribution >= 4 is 46.5 Å². The van der Waals surface area contributed by atoms with Gasteiger partial charge in [0.25, 0.3) is 0 Å². The topological polar surface area (TPSA) is 75.8 Å². The Kier molecular flexibility index (Phi) is 7.19. The molecular weight excluding hydrogens is 559 g/mol. The summed E-state index contributed by atoms with van der Waals surface area (Å²) < 4.78 is 11.9. The summed E-state index contributed by atoms with van der Waals surface area (Å²) in [5.41, 5.74) is 4.34. The van der Waals surface area contributed by atoms with E-state index in [9.17, 15) is 9.90 Å². The summed E-state index contributed by atoms with van der Waals surface area (Å²) in [6.07, 6.45) is 3.03. The summed E-state index contributed by atoms with van der Waals surface area (Å²) in [7, 11) is 0. The van der Waals surface area contributed by atoms with Gasteiger partial charge >= 0.3 is 5.97 Å². The fraction of sp³-hybridized carbons (Fsp3) is 0.267. The van der Waals surface area contributed by atoms with Gasteiger partial charge in [0.05, 0.1) is 21.2 Å². The average Bonchev–Trinajstić information content (AvgIpc) is 3.50. The van der Waals surface area contributed by atoms with Crippen molar-refractivity contribution in [3.63, 3.8) is 0 Å². The minimum Gasteiger partial charge on any atom is -0.489 e. The standard InChI is InChI=1S/C30H25Cl3N2O4/c31-24-5-2-6-25(32)27(24)28-23(29(39-34-28)17-7-8-17)16-38-21-9-10-22(26(33)14-21)19-11-12-35(15-19)20-4-1-3-18(13-20)30(36)37/h1-6,9-10,13-14,17,19H,7-8,11-12,15-16H2,(H,36,37). The SMILES string of the molecule is O=C(O)c1cccc(N2CCC(c3ccc(OCc4c(-c5c(Cl)cccc5Cl)noc4C4CC4)cc3Cl)C2)c1. The van der Waals surface area contributed by atoms with Crippen molar-refractivity contribution in [3.8, 4) is 17.0 Å². The smallest absolute Gasteiger partial charge is 0.335 e. The Morgan fingerprint density at radius 2 is 1.74 bits per heavy atom. The fourth-order valence-electron chi connectivity index (χ4n) is 5.22. The molecule has 9 heteroatoms. The van der Waals surface area contributed by atoms with E-state index < -0.39 is 5.97 Å². The molecule has 6 rings (SSSR count). The summed E-state index contributed by atoms with van der Waals surface area (Å²) in [5.74, 6) is 1.10. The first-order valence-corrected chi connectivity index (χ1v) is 14.0. The van der Waals surface area contributed by atoms with Crippen molar-refractivity contribution in [2.75, 3.05) is 18.0 Å². The predicted octanol–water partition coefficient (Wildman–Crippen LogP) is 8.45. The maximum absolute atomic E-state index is 11.4. The molecule has 4 aromatic rings. The lowest BCUT2D eigenvalue weighted by atomic mass is 9.98. The van der Waals surface area contributed by atoms with Crippen molar-refractivity contribution in [2.45, 2.75) is 37.7 Å². The van der Waals surface area contributed by atoms with Crippen LogP contribution >= 0.6 is 34.8 Å². The number of aromatic nitrogens is 1. The van der Waals surface area contributed by atoms with E-state index in [0.29, 0.717) is 38.0 Å². The van der Waals surface area contributed by atoms with Gasteiger partial charge in [-0.2, -0.15) is 0 Å². The molecule has 1 unspecified atom stereocenters. The van der Waals surface area contributed by atoms with E-state index in [1.807, 2.05) is 24.3 Å². The van der Waals surface area contributed by atoms with E-state index in [1.54, 1.807) is 36.4 Å². The highest BCUT2D eigenvalue weighted by molar-refractivity contribution is 6.39. The number of nitrogens with zero attached hydrogens (tertiary/aromatic N) is 2. The number of hydrogen-bond acceptors (Lipinski definition) is 5. The van der Waals surface area contributed by atoms with Gasteiger partial charge in [0.2, 0.25) is 0 Å². The zero-order valence-corrected chi connectivity index (χ0v) is 23.1. The van der Waals surface area contributed by atoms with Gasteiger partial charge in [0, 0.05) is 41.2 Å². The molecule has 6 nitrogen and oxygen atoms in total. The molecule has 0 amide bonds. The summed E-state index contributed by atoms with van der Waals surface area (Å²) in [4.78, 5) is 13.6. The van der Waals surface area contributed by atoms with Crippen LogP contribution in [0.1, 0.15) is 58.3 Å². The van der Waals surface area contributed by atoms with Gasteiger partial charge < -0.3 is 19.3 Å². The van der Waals surface area contributed by atoms with E-state index in [0.717, 1.165) is 54.9 Å². The van der Waals surface area contributed by atoms with Gasteiger partial charge in [-0.1, -0.05) is 58.2 Å². The number of halogens is 3. The molecule has 1 saturated carbocycles. The zero-order chi connectivity index (χ0) is 27.1. The van der Waals surface area contributed by atoms with E-state index in [4.69, 9.17) is 44.1 Å². The van der Waals surface area contributed by atoms with Crippen LogP contribution in [0.4, 0.5) is 5.69 Å². The Balaban J connectivity index is 1.18. The third-order valence-electron chi connectivity index (χ3n) is 7.41. The molecule has 0 radical (unpaired) electrons. The van der Waals surface area contributed by atoms with Crippen LogP contribution in [0, 0.1) is 0 Å². The van der Waals surface area contributed by atoms with Gasteiger partial charge in [-0.05, 0) is 67.3 Å². The lowest BCUT2D eigenvalue weighted by molar-refractivity contribution is 0.0697. The van der Waals surface area contributed by atoms with Crippen LogP contribution in [0.2, 0.25) is 15.1 Å². The molecule has 0 spiro atoms. The summed E-state index contributed by atoms with van der Waals surface area (Å²) >= 11 is 19.7. The highest BCUT2D eigenvalue weighted by atomic mass is 35.5. The molecular formula is C30H25Cl3N2O4. The van der Waals surface area contributed by atoms with Crippen LogP contribution in [0.5, 0.6) is 5.75 Å². The van der Waals surface area contributed by atoms with E-state index >= 15 is 0 Å². The van der Waals surface area contributed by atoms with Crippen LogP contribution in [0.15, 0.2) is 65.2 Å². The lowest BCUT2D eigenvalue weighted by Gasteiger charge is -2.20. The van der Waals surface area contributed by atoms with Crippen molar-refractivity contribution in [2.24, 2.45) is 0 Å². The number of rotatable bonds is 8. The molecule has 1 aliphatic heterocycles. The van der Waals surface area contributed by atoms with Crippen molar-refractivity contribution < 1.29 is 19.2 Å². The maximum Gasteiger partial charge on any atom is 0.335 e. The fourth-order valence-corrected chi connectivity index (χ4v) is 6.12. The van der Waals surface area contributed by atoms with Crippen LogP contribution in [-0.4, -0.2) is 29.3 Å². The van der Waals surface area contributed by atoms with Crippen molar-refractivity contribution in [3.05, 3.63) is 98.2 Å². The number of carboxylic acids is 1. The number of hydrogen-bond donors (Lipinski definition) is 1. The number of benzene rings is 3. The first-order chi connectivity index (χ1) is 18.9.